The highest BCUT2D eigenvalue weighted by atomic mass is 32.1. The molecule has 2 aromatic rings. The van der Waals surface area contributed by atoms with E-state index in [0.717, 1.165) is 4.88 Å². The summed E-state index contributed by atoms with van der Waals surface area (Å²) in [6.45, 7) is 2.09. The van der Waals surface area contributed by atoms with Crippen molar-refractivity contribution in [2.45, 2.75) is 13.0 Å². The van der Waals surface area contributed by atoms with Crippen molar-refractivity contribution in [3.05, 3.63) is 38.5 Å². The summed E-state index contributed by atoms with van der Waals surface area (Å²) in [6.07, 6.45) is 1.84. The highest BCUT2D eigenvalue weighted by Gasteiger charge is 2.11. The highest BCUT2D eigenvalue weighted by Crippen LogP contribution is 2.25. The van der Waals surface area contributed by atoms with Crippen LogP contribution in [0.3, 0.4) is 0 Å². The molecular weight excluding hydrogens is 200 g/mol. The first kappa shape index (κ1) is 8.87. The molecule has 68 valence electrons. The Labute approximate surface area is 85.1 Å². The largest absolute Gasteiger partial charge is 0.320 e. The summed E-state index contributed by atoms with van der Waals surface area (Å²) < 4.78 is 0. The molecule has 0 spiro atoms. The number of aryl methyl sites for hydroxylation is 1. The van der Waals surface area contributed by atoms with Crippen molar-refractivity contribution in [1.29, 1.82) is 0 Å². The minimum Gasteiger partial charge on any atom is -0.320 e. The van der Waals surface area contributed by atoms with Gasteiger partial charge in [0.15, 0.2) is 0 Å². The van der Waals surface area contributed by atoms with Gasteiger partial charge in [0.1, 0.15) is 0 Å². The average molecular weight is 210 g/mol. The standard InChI is InChI=1S/C9H10N2S2/c1-6-2-7(4-12-6)9(10)8-3-11-5-13-8/h2-5,9H,10H2,1H3. The van der Waals surface area contributed by atoms with E-state index in [-0.39, 0.29) is 6.04 Å². The molecule has 0 bridgehead atoms. The number of rotatable bonds is 2. The van der Waals surface area contributed by atoms with Crippen LogP contribution in [-0.2, 0) is 0 Å². The minimum atomic E-state index is -0.00236. The summed E-state index contributed by atoms with van der Waals surface area (Å²) in [5, 5.41) is 2.11. The molecule has 13 heavy (non-hydrogen) atoms. The van der Waals surface area contributed by atoms with E-state index in [9.17, 15) is 0 Å². The molecule has 0 aromatic carbocycles. The lowest BCUT2D eigenvalue weighted by Gasteiger charge is -2.05. The van der Waals surface area contributed by atoms with Crippen LogP contribution in [0.4, 0.5) is 0 Å². The molecule has 2 N–H and O–H groups in total. The second-order valence-electron chi connectivity index (χ2n) is 2.87. The molecule has 0 radical (unpaired) electrons. The van der Waals surface area contributed by atoms with Gasteiger partial charge in [0, 0.05) is 16.0 Å². The third-order valence-electron chi connectivity index (χ3n) is 1.87. The fraction of sp³-hybridized carbons (Fsp3) is 0.222. The van der Waals surface area contributed by atoms with Gasteiger partial charge in [-0.1, -0.05) is 0 Å². The van der Waals surface area contributed by atoms with Gasteiger partial charge in [-0.3, -0.25) is 4.98 Å². The molecule has 0 aliphatic carbocycles. The molecule has 1 atom stereocenters. The molecule has 2 aromatic heterocycles. The molecule has 0 aliphatic heterocycles. The first-order valence-electron chi connectivity index (χ1n) is 3.96. The van der Waals surface area contributed by atoms with Crippen molar-refractivity contribution in [3.63, 3.8) is 0 Å². The fourth-order valence-corrected chi connectivity index (χ4v) is 2.56. The molecule has 2 heterocycles. The van der Waals surface area contributed by atoms with Crippen LogP contribution in [0.25, 0.3) is 0 Å². The molecule has 4 heteroatoms. The van der Waals surface area contributed by atoms with Crippen molar-refractivity contribution < 1.29 is 0 Å². The maximum Gasteiger partial charge on any atom is 0.0794 e. The zero-order valence-corrected chi connectivity index (χ0v) is 8.86. The number of thiazole rings is 1. The molecule has 2 rings (SSSR count). The van der Waals surface area contributed by atoms with Gasteiger partial charge in [-0.15, -0.1) is 22.7 Å². The third-order valence-corrected chi connectivity index (χ3v) is 3.61. The summed E-state index contributed by atoms with van der Waals surface area (Å²) in [7, 11) is 0. The second-order valence-corrected chi connectivity index (χ2v) is 4.91. The Bertz CT molecular complexity index is 378. The number of aromatic nitrogens is 1. The van der Waals surface area contributed by atoms with Gasteiger partial charge in [-0.05, 0) is 23.9 Å². The van der Waals surface area contributed by atoms with Crippen LogP contribution in [0, 0.1) is 6.92 Å². The minimum absolute atomic E-state index is 0.00236. The van der Waals surface area contributed by atoms with E-state index >= 15 is 0 Å². The highest BCUT2D eigenvalue weighted by molar-refractivity contribution is 7.10. The Hall–Kier alpha value is -0.710. The predicted molar refractivity (Wildman–Crippen MR) is 57.2 cm³/mol. The summed E-state index contributed by atoms with van der Waals surface area (Å²) in [4.78, 5) is 6.44. The van der Waals surface area contributed by atoms with Crippen LogP contribution in [0.2, 0.25) is 0 Å². The van der Waals surface area contributed by atoms with E-state index in [4.69, 9.17) is 5.73 Å². The van der Waals surface area contributed by atoms with Crippen molar-refractivity contribution in [2.24, 2.45) is 5.73 Å². The molecule has 0 amide bonds. The van der Waals surface area contributed by atoms with Crippen molar-refractivity contribution >= 4 is 22.7 Å². The summed E-state index contributed by atoms with van der Waals surface area (Å²) in [5.41, 5.74) is 9.05. The van der Waals surface area contributed by atoms with Gasteiger partial charge >= 0.3 is 0 Å². The molecule has 0 fully saturated rings. The van der Waals surface area contributed by atoms with Crippen LogP contribution in [0.15, 0.2) is 23.2 Å². The van der Waals surface area contributed by atoms with E-state index in [0.29, 0.717) is 0 Å². The normalized spacial score (nSPS) is 13.1. The summed E-state index contributed by atoms with van der Waals surface area (Å²) in [6, 6.07) is 2.13. The van der Waals surface area contributed by atoms with Crippen molar-refractivity contribution in [1.82, 2.24) is 4.98 Å². The average Bonchev–Trinajstić information content (AvgIpc) is 2.72. The van der Waals surface area contributed by atoms with E-state index in [1.807, 2.05) is 11.7 Å². The van der Waals surface area contributed by atoms with Gasteiger partial charge in [-0.2, -0.15) is 0 Å². The molecule has 0 saturated heterocycles. The first-order valence-corrected chi connectivity index (χ1v) is 5.72. The van der Waals surface area contributed by atoms with Gasteiger partial charge in [-0.25, -0.2) is 0 Å². The monoisotopic (exact) mass is 210 g/mol. The van der Waals surface area contributed by atoms with Crippen LogP contribution >= 0.6 is 22.7 Å². The Morgan fingerprint density at radius 2 is 2.31 bits per heavy atom. The fourth-order valence-electron chi connectivity index (χ4n) is 1.17. The van der Waals surface area contributed by atoms with E-state index in [2.05, 4.69) is 23.4 Å². The topological polar surface area (TPSA) is 38.9 Å². The van der Waals surface area contributed by atoms with Crippen molar-refractivity contribution in [3.8, 4) is 0 Å². The molecular formula is C9H10N2S2. The van der Waals surface area contributed by atoms with E-state index in [1.54, 1.807) is 22.7 Å². The number of nitrogens with two attached hydrogens (primary N) is 1. The van der Waals surface area contributed by atoms with Crippen LogP contribution in [-0.4, -0.2) is 4.98 Å². The number of nitrogens with zero attached hydrogens (tertiary/aromatic N) is 1. The Kier molecular flexibility index (Phi) is 2.44. The Morgan fingerprint density at radius 1 is 1.46 bits per heavy atom. The number of thiophene rings is 1. The van der Waals surface area contributed by atoms with Crippen molar-refractivity contribution in [2.75, 3.05) is 0 Å². The third kappa shape index (κ3) is 1.80. The van der Waals surface area contributed by atoms with Crippen LogP contribution < -0.4 is 5.73 Å². The molecule has 2 nitrogen and oxygen atoms in total. The lowest BCUT2D eigenvalue weighted by molar-refractivity contribution is 0.894. The van der Waals surface area contributed by atoms with E-state index in [1.165, 1.54) is 10.4 Å². The SMILES string of the molecule is Cc1cc(C(N)c2cncs2)cs1. The zero-order chi connectivity index (χ0) is 9.26. The molecule has 1 unspecified atom stereocenters. The first-order chi connectivity index (χ1) is 6.27. The van der Waals surface area contributed by atoms with Crippen LogP contribution in [0.1, 0.15) is 21.4 Å². The lowest BCUT2D eigenvalue weighted by atomic mass is 10.1. The maximum absolute atomic E-state index is 6.05. The van der Waals surface area contributed by atoms with Gasteiger partial charge < -0.3 is 5.73 Å². The lowest BCUT2D eigenvalue weighted by Crippen LogP contribution is -2.08. The Morgan fingerprint density at radius 3 is 2.85 bits per heavy atom. The Balaban J connectivity index is 2.28. The summed E-state index contributed by atoms with van der Waals surface area (Å²) >= 11 is 3.34. The van der Waals surface area contributed by atoms with Gasteiger partial charge in [0.25, 0.3) is 0 Å². The summed E-state index contributed by atoms with van der Waals surface area (Å²) in [5.74, 6) is 0. The maximum atomic E-state index is 6.05. The number of hydrogen-bond acceptors (Lipinski definition) is 4. The van der Waals surface area contributed by atoms with Crippen LogP contribution in [0.5, 0.6) is 0 Å². The zero-order valence-electron chi connectivity index (χ0n) is 7.23. The molecule has 0 saturated carbocycles. The molecule has 0 aliphatic rings. The van der Waals surface area contributed by atoms with E-state index < -0.39 is 0 Å². The second kappa shape index (κ2) is 3.57. The smallest absolute Gasteiger partial charge is 0.0794 e. The quantitative estimate of drug-likeness (QED) is 0.827. The van der Waals surface area contributed by atoms with Gasteiger partial charge in [0.05, 0.1) is 11.6 Å². The predicted octanol–water partition coefficient (Wildman–Crippen LogP) is 2.56. The van der Waals surface area contributed by atoms with Gasteiger partial charge in [0.2, 0.25) is 0 Å². The number of hydrogen-bond donors (Lipinski definition) is 1.